The van der Waals surface area contributed by atoms with Gasteiger partial charge in [-0.2, -0.15) is 5.10 Å². The molecule has 2 heterocycles. The minimum Gasteiger partial charge on any atom is -0.497 e. The normalized spacial score (nSPS) is 10.9. The van der Waals surface area contributed by atoms with E-state index in [0.29, 0.717) is 5.02 Å². The van der Waals surface area contributed by atoms with Crippen molar-refractivity contribution >= 4 is 34.0 Å². The van der Waals surface area contributed by atoms with Crippen molar-refractivity contribution in [3.05, 3.63) is 71.5 Å². The highest BCUT2D eigenvalue weighted by atomic mass is 35.5. The first-order valence-corrected chi connectivity index (χ1v) is 8.54. The number of pyridine rings is 1. The predicted molar refractivity (Wildman–Crippen MR) is 105 cm³/mol. The number of hydrogen-bond donors (Lipinski definition) is 1. The van der Waals surface area contributed by atoms with Crippen LogP contribution in [0.5, 0.6) is 5.75 Å². The fourth-order valence-electron chi connectivity index (χ4n) is 2.89. The Hall–Kier alpha value is -3.05. The number of anilines is 2. The molecule has 0 saturated carbocycles. The molecule has 4 aromatic rings. The zero-order valence-electron chi connectivity index (χ0n) is 14.4. The summed E-state index contributed by atoms with van der Waals surface area (Å²) in [5.41, 5.74) is 3.64. The molecule has 0 bridgehead atoms. The van der Waals surface area contributed by atoms with Crippen LogP contribution in [0, 0.1) is 6.92 Å². The van der Waals surface area contributed by atoms with Crippen molar-refractivity contribution in [1.82, 2.24) is 14.8 Å². The van der Waals surface area contributed by atoms with E-state index >= 15 is 0 Å². The molecule has 0 aliphatic rings. The lowest BCUT2D eigenvalue weighted by Gasteiger charge is -2.12. The Morgan fingerprint density at radius 1 is 1.04 bits per heavy atom. The number of ether oxygens (including phenoxy) is 1. The van der Waals surface area contributed by atoms with Gasteiger partial charge in [0.1, 0.15) is 11.6 Å². The van der Waals surface area contributed by atoms with E-state index in [1.54, 1.807) is 13.3 Å². The van der Waals surface area contributed by atoms with Crippen molar-refractivity contribution in [3.63, 3.8) is 0 Å². The number of halogens is 1. The Kier molecular flexibility index (Phi) is 4.22. The van der Waals surface area contributed by atoms with E-state index in [4.69, 9.17) is 16.3 Å². The van der Waals surface area contributed by atoms with Crippen molar-refractivity contribution < 1.29 is 4.74 Å². The molecule has 0 spiro atoms. The van der Waals surface area contributed by atoms with Crippen LogP contribution in [0.15, 0.2) is 60.8 Å². The minimum absolute atomic E-state index is 0.662. The number of rotatable bonds is 4. The molecule has 2 aromatic heterocycles. The van der Waals surface area contributed by atoms with E-state index in [1.165, 1.54) is 0 Å². The number of methoxy groups -OCH3 is 1. The molecule has 0 unspecified atom stereocenters. The van der Waals surface area contributed by atoms with Crippen LogP contribution < -0.4 is 10.1 Å². The van der Waals surface area contributed by atoms with Gasteiger partial charge in [-0.05, 0) is 55.5 Å². The van der Waals surface area contributed by atoms with E-state index in [0.717, 1.165) is 39.5 Å². The van der Waals surface area contributed by atoms with Crippen LogP contribution in [0.2, 0.25) is 5.02 Å². The average molecular weight is 365 g/mol. The van der Waals surface area contributed by atoms with E-state index in [2.05, 4.69) is 15.4 Å². The van der Waals surface area contributed by atoms with Crippen LogP contribution in [0.4, 0.5) is 11.5 Å². The molecule has 0 atom stereocenters. The maximum atomic E-state index is 6.10. The summed E-state index contributed by atoms with van der Waals surface area (Å²) in [6, 6.07) is 17.4. The van der Waals surface area contributed by atoms with Crippen molar-refractivity contribution in [2.24, 2.45) is 0 Å². The molecule has 0 aliphatic heterocycles. The lowest BCUT2D eigenvalue weighted by Crippen LogP contribution is -2.03. The van der Waals surface area contributed by atoms with Gasteiger partial charge in [-0.3, -0.25) is 4.98 Å². The first-order valence-electron chi connectivity index (χ1n) is 8.16. The molecule has 2 aromatic carbocycles. The molecule has 0 amide bonds. The minimum atomic E-state index is 0.662. The summed E-state index contributed by atoms with van der Waals surface area (Å²) in [6.45, 7) is 1.97. The fraction of sp³-hybridized carbons (Fsp3) is 0.100. The summed E-state index contributed by atoms with van der Waals surface area (Å²) >= 11 is 6.10. The largest absolute Gasteiger partial charge is 0.497 e. The smallest absolute Gasteiger partial charge is 0.134 e. The highest BCUT2D eigenvalue weighted by Gasteiger charge is 2.12. The van der Waals surface area contributed by atoms with E-state index in [9.17, 15) is 0 Å². The first kappa shape index (κ1) is 16.4. The molecule has 0 aliphatic carbocycles. The van der Waals surface area contributed by atoms with Gasteiger partial charge in [0.15, 0.2) is 0 Å². The van der Waals surface area contributed by atoms with Gasteiger partial charge >= 0.3 is 0 Å². The topological polar surface area (TPSA) is 52.0 Å². The summed E-state index contributed by atoms with van der Waals surface area (Å²) < 4.78 is 7.10. The summed E-state index contributed by atoms with van der Waals surface area (Å²) in [7, 11) is 1.65. The lowest BCUT2D eigenvalue weighted by atomic mass is 10.2. The zero-order chi connectivity index (χ0) is 18.1. The van der Waals surface area contributed by atoms with Crippen LogP contribution in [0.25, 0.3) is 16.6 Å². The van der Waals surface area contributed by atoms with Gasteiger partial charge in [0.25, 0.3) is 0 Å². The predicted octanol–water partition coefficient (Wildman–Crippen LogP) is 5.13. The number of hydrogen-bond acceptors (Lipinski definition) is 4. The van der Waals surface area contributed by atoms with Crippen LogP contribution >= 0.6 is 11.6 Å². The van der Waals surface area contributed by atoms with Crippen LogP contribution in [0.3, 0.4) is 0 Å². The summed E-state index contributed by atoms with van der Waals surface area (Å²) in [6.07, 6.45) is 1.77. The van der Waals surface area contributed by atoms with E-state index < -0.39 is 0 Å². The number of benzene rings is 2. The number of nitrogens with zero attached hydrogens (tertiary/aromatic N) is 3. The molecule has 6 heteroatoms. The fourth-order valence-corrected chi connectivity index (χ4v) is 3.05. The highest BCUT2D eigenvalue weighted by molar-refractivity contribution is 6.31. The van der Waals surface area contributed by atoms with Gasteiger partial charge in [-0.25, -0.2) is 4.68 Å². The third-order valence-corrected chi connectivity index (χ3v) is 4.34. The van der Waals surface area contributed by atoms with Crippen LogP contribution in [0.1, 0.15) is 5.69 Å². The highest BCUT2D eigenvalue weighted by Crippen LogP contribution is 2.28. The molecule has 4 rings (SSSR count). The van der Waals surface area contributed by atoms with Gasteiger partial charge in [-0.1, -0.05) is 11.6 Å². The monoisotopic (exact) mass is 364 g/mol. The molecule has 26 heavy (non-hydrogen) atoms. The molecule has 130 valence electrons. The number of fused-ring (bicyclic) bond motifs is 1. The molecule has 0 fully saturated rings. The molecule has 5 nitrogen and oxygen atoms in total. The van der Waals surface area contributed by atoms with Gasteiger partial charge in [0.2, 0.25) is 0 Å². The summed E-state index contributed by atoms with van der Waals surface area (Å²) in [5, 5.41) is 9.72. The maximum absolute atomic E-state index is 6.10. The SMILES string of the molecule is COc1ccc(Nc2cc(C)nn2-c2ccnc3cc(Cl)ccc23)cc1. The second kappa shape index (κ2) is 6.69. The Morgan fingerprint density at radius 3 is 2.62 bits per heavy atom. The molecule has 0 radical (unpaired) electrons. The zero-order valence-corrected chi connectivity index (χ0v) is 15.2. The van der Waals surface area contributed by atoms with Crippen LogP contribution in [-0.4, -0.2) is 21.9 Å². The van der Waals surface area contributed by atoms with Gasteiger partial charge in [-0.15, -0.1) is 0 Å². The van der Waals surface area contributed by atoms with Gasteiger partial charge in [0.05, 0.1) is 24.0 Å². The Morgan fingerprint density at radius 2 is 1.85 bits per heavy atom. The summed E-state index contributed by atoms with van der Waals surface area (Å²) in [4.78, 5) is 4.41. The van der Waals surface area contributed by atoms with Crippen molar-refractivity contribution in [2.75, 3.05) is 12.4 Å². The van der Waals surface area contributed by atoms with E-state index in [1.807, 2.05) is 66.2 Å². The van der Waals surface area contributed by atoms with Crippen LogP contribution in [-0.2, 0) is 0 Å². The number of aryl methyl sites for hydroxylation is 1. The third kappa shape index (κ3) is 3.09. The lowest BCUT2D eigenvalue weighted by molar-refractivity contribution is 0.415. The van der Waals surface area contributed by atoms with Crippen molar-refractivity contribution in [1.29, 1.82) is 0 Å². The first-order chi connectivity index (χ1) is 12.6. The van der Waals surface area contributed by atoms with E-state index in [-0.39, 0.29) is 0 Å². The molecule has 1 N–H and O–H groups in total. The molecule has 0 saturated heterocycles. The molecular weight excluding hydrogens is 348 g/mol. The molecular formula is C20H17ClN4O. The summed E-state index contributed by atoms with van der Waals surface area (Å²) in [5.74, 6) is 1.69. The second-order valence-electron chi connectivity index (χ2n) is 5.93. The second-order valence-corrected chi connectivity index (χ2v) is 6.36. The van der Waals surface area contributed by atoms with Gasteiger partial charge < -0.3 is 10.1 Å². The van der Waals surface area contributed by atoms with Gasteiger partial charge in [0, 0.05) is 28.4 Å². The average Bonchev–Trinajstić information content (AvgIpc) is 3.01. The quantitative estimate of drug-likeness (QED) is 0.545. The number of aromatic nitrogens is 3. The number of nitrogens with one attached hydrogen (secondary N) is 1. The Labute approximate surface area is 156 Å². The van der Waals surface area contributed by atoms with Crippen molar-refractivity contribution in [2.45, 2.75) is 6.92 Å². The Balaban J connectivity index is 1.78. The standard InChI is InChI=1S/C20H17ClN4O/c1-13-11-20(23-15-4-6-16(26-2)7-5-15)25(24-13)19-9-10-22-18-12-14(21)3-8-17(18)19/h3-12,23H,1-2H3. The third-order valence-electron chi connectivity index (χ3n) is 4.10. The van der Waals surface area contributed by atoms with Crippen molar-refractivity contribution in [3.8, 4) is 11.4 Å². The maximum Gasteiger partial charge on any atom is 0.134 e. The Bertz CT molecular complexity index is 1070.